The van der Waals surface area contributed by atoms with Gasteiger partial charge in [-0.3, -0.25) is 4.79 Å². The van der Waals surface area contributed by atoms with E-state index in [1.807, 2.05) is 49.4 Å². The van der Waals surface area contributed by atoms with Gasteiger partial charge in [0.05, 0.1) is 0 Å². The number of para-hydroxylation sites is 1. The maximum atomic E-state index is 11.9. The van der Waals surface area contributed by atoms with Gasteiger partial charge in [0, 0.05) is 6.54 Å². The second-order valence-electron chi connectivity index (χ2n) is 5.38. The van der Waals surface area contributed by atoms with Crippen molar-refractivity contribution in [1.82, 2.24) is 5.32 Å². The molecule has 5 nitrogen and oxygen atoms in total. The molecule has 1 amide bonds. The second-order valence-corrected chi connectivity index (χ2v) is 5.38. The molecule has 2 rings (SSSR count). The number of hydrogen-bond acceptors (Lipinski definition) is 4. The average Bonchev–Trinajstić information content (AvgIpc) is 2.59. The van der Waals surface area contributed by atoms with E-state index < -0.39 is 12.1 Å². The van der Waals surface area contributed by atoms with Crippen molar-refractivity contribution in [2.24, 2.45) is 0 Å². The number of nitrogens with one attached hydrogen (secondary N) is 1. The number of rotatable bonds is 7. The van der Waals surface area contributed by atoms with Gasteiger partial charge in [0.1, 0.15) is 5.75 Å². The summed E-state index contributed by atoms with van der Waals surface area (Å²) in [5.41, 5.74) is 2.12. The Hall–Kier alpha value is -2.82. The molecular weight excluding hydrogens is 306 g/mol. The van der Waals surface area contributed by atoms with Crippen LogP contribution >= 0.6 is 0 Å². The highest BCUT2D eigenvalue weighted by atomic mass is 16.6. The van der Waals surface area contributed by atoms with E-state index in [1.54, 1.807) is 19.1 Å². The van der Waals surface area contributed by atoms with Crippen molar-refractivity contribution in [2.75, 3.05) is 6.61 Å². The lowest BCUT2D eigenvalue weighted by Crippen LogP contribution is -2.32. The van der Waals surface area contributed by atoms with E-state index in [1.165, 1.54) is 0 Å². The number of benzene rings is 2. The minimum absolute atomic E-state index is 0.326. The van der Waals surface area contributed by atoms with Crippen LogP contribution in [0.15, 0.2) is 54.6 Å². The summed E-state index contributed by atoms with van der Waals surface area (Å²) in [5, 5.41) is 2.73. The lowest BCUT2D eigenvalue weighted by Gasteiger charge is -2.14. The minimum atomic E-state index is -0.781. The molecule has 2 aromatic carbocycles. The number of carbonyl (C=O) groups is 2. The average molecular weight is 327 g/mol. The van der Waals surface area contributed by atoms with E-state index in [2.05, 4.69) is 5.32 Å². The Balaban J connectivity index is 1.73. The Morgan fingerprint density at radius 1 is 1.04 bits per heavy atom. The lowest BCUT2D eigenvalue weighted by atomic mass is 10.1. The molecular formula is C19H21NO4. The van der Waals surface area contributed by atoms with Crippen LogP contribution in [0, 0.1) is 6.92 Å². The second kappa shape index (κ2) is 8.72. The topological polar surface area (TPSA) is 64.6 Å². The SMILES string of the molecule is Cc1ccccc1CNC(=O)COC(=O)[C@H](C)Oc1ccccc1. The van der Waals surface area contributed by atoms with E-state index in [0.29, 0.717) is 12.3 Å². The molecule has 0 bridgehead atoms. The predicted octanol–water partition coefficient (Wildman–Crippen LogP) is 2.62. The van der Waals surface area contributed by atoms with Crippen LogP contribution in [-0.2, 0) is 20.9 Å². The number of ether oxygens (including phenoxy) is 2. The maximum absolute atomic E-state index is 11.9. The number of aryl methyl sites for hydroxylation is 1. The molecule has 0 aliphatic carbocycles. The fourth-order valence-electron chi connectivity index (χ4n) is 2.06. The normalized spacial score (nSPS) is 11.4. The lowest BCUT2D eigenvalue weighted by molar-refractivity contribution is -0.154. The molecule has 0 fully saturated rings. The van der Waals surface area contributed by atoms with Crippen molar-refractivity contribution >= 4 is 11.9 Å². The molecule has 126 valence electrons. The van der Waals surface area contributed by atoms with E-state index >= 15 is 0 Å². The highest BCUT2D eigenvalue weighted by Crippen LogP contribution is 2.11. The summed E-state index contributed by atoms with van der Waals surface area (Å²) in [6, 6.07) is 16.7. The molecule has 0 saturated heterocycles. The zero-order chi connectivity index (χ0) is 17.4. The van der Waals surface area contributed by atoms with Crippen molar-refractivity contribution in [1.29, 1.82) is 0 Å². The van der Waals surface area contributed by atoms with Crippen LogP contribution in [0.2, 0.25) is 0 Å². The van der Waals surface area contributed by atoms with Crippen molar-refractivity contribution in [3.05, 3.63) is 65.7 Å². The van der Waals surface area contributed by atoms with Gasteiger partial charge in [-0.25, -0.2) is 4.79 Å². The van der Waals surface area contributed by atoms with Crippen LogP contribution in [0.1, 0.15) is 18.1 Å². The minimum Gasteiger partial charge on any atom is -0.479 e. The zero-order valence-corrected chi connectivity index (χ0v) is 13.8. The molecule has 0 radical (unpaired) electrons. The van der Waals surface area contributed by atoms with Crippen molar-refractivity contribution in [2.45, 2.75) is 26.5 Å². The van der Waals surface area contributed by atoms with Gasteiger partial charge in [-0.15, -0.1) is 0 Å². The van der Waals surface area contributed by atoms with Crippen molar-refractivity contribution in [3.8, 4) is 5.75 Å². The first kappa shape index (κ1) is 17.5. The summed E-state index contributed by atoms with van der Waals surface area (Å²) in [6.45, 7) is 3.64. The number of esters is 1. The van der Waals surface area contributed by atoms with E-state index in [0.717, 1.165) is 11.1 Å². The smallest absolute Gasteiger partial charge is 0.347 e. The molecule has 2 aromatic rings. The van der Waals surface area contributed by atoms with Crippen LogP contribution in [0.25, 0.3) is 0 Å². The largest absolute Gasteiger partial charge is 0.479 e. The third-order valence-electron chi connectivity index (χ3n) is 3.47. The van der Waals surface area contributed by atoms with Crippen molar-refractivity contribution in [3.63, 3.8) is 0 Å². The van der Waals surface area contributed by atoms with Gasteiger partial charge in [0.2, 0.25) is 0 Å². The summed E-state index contributed by atoms with van der Waals surface area (Å²) in [5.74, 6) is -0.352. The molecule has 0 heterocycles. The molecule has 0 saturated carbocycles. The Bertz CT molecular complexity index is 685. The third kappa shape index (κ3) is 5.43. The van der Waals surface area contributed by atoms with Gasteiger partial charge in [-0.2, -0.15) is 0 Å². The monoisotopic (exact) mass is 327 g/mol. The molecule has 1 atom stereocenters. The molecule has 5 heteroatoms. The van der Waals surface area contributed by atoms with Gasteiger partial charge < -0.3 is 14.8 Å². The molecule has 1 N–H and O–H groups in total. The van der Waals surface area contributed by atoms with Crippen LogP contribution in [0.3, 0.4) is 0 Å². The van der Waals surface area contributed by atoms with Crippen LogP contribution in [0.4, 0.5) is 0 Å². The third-order valence-corrected chi connectivity index (χ3v) is 3.47. The maximum Gasteiger partial charge on any atom is 0.347 e. The predicted molar refractivity (Wildman–Crippen MR) is 90.5 cm³/mol. The van der Waals surface area contributed by atoms with Gasteiger partial charge >= 0.3 is 5.97 Å². The van der Waals surface area contributed by atoms with Crippen LogP contribution < -0.4 is 10.1 Å². The summed E-state index contributed by atoms with van der Waals surface area (Å²) >= 11 is 0. The summed E-state index contributed by atoms with van der Waals surface area (Å²) in [6.07, 6.45) is -0.781. The van der Waals surface area contributed by atoms with Crippen LogP contribution in [0.5, 0.6) is 5.75 Å². The van der Waals surface area contributed by atoms with E-state index in [4.69, 9.17) is 9.47 Å². The Morgan fingerprint density at radius 2 is 1.71 bits per heavy atom. The fraction of sp³-hybridized carbons (Fsp3) is 0.263. The molecule has 24 heavy (non-hydrogen) atoms. The summed E-state index contributed by atoms with van der Waals surface area (Å²) in [4.78, 5) is 23.6. The van der Waals surface area contributed by atoms with Gasteiger partial charge in [-0.1, -0.05) is 42.5 Å². The quantitative estimate of drug-likeness (QED) is 0.794. The molecule has 0 aliphatic heterocycles. The van der Waals surface area contributed by atoms with Gasteiger partial charge in [0.15, 0.2) is 12.7 Å². The molecule has 0 aliphatic rings. The Kier molecular flexibility index (Phi) is 6.37. The molecule has 0 spiro atoms. The first-order valence-corrected chi connectivity index (χ1v) is 7.76. The Morgan fingerprint density at radius 3 is 2.42 bits per heavy atom. The number of carbonyl (C=O) groups excluding carboxylic acids is 2. The molecule has 0 aromatic heterocycles. The van der Waals surface area contributed by atoms with Crippen molar-refractivity contribution < 1.29 is 19.1 Å². The standard InChI is InChI=1S/C19H21NO4/c1-14-8-6-7-9-16(14)12-20-18(21)13-23-19(22)15(2)24-17-10-4-3-5-11-17/h3-11,15H,12-13H2,1-2H3,(H,20,21)/t15-/m0/s1. The first-order valence-electron chi connectivity index (χ1n) is 7.76. The summed E-state index contributed by atoms with van der Waals surface area (Å²) in [7, 11) is 0. The highest BCUT2D eigenvalue weighted by Gasteiger charge is 2.17. The van der Waals surface area contributed by atoms with E-state index in [9.17, 15) is 9.59 Å². The van der Waals surface area contributed by atoms with Gasteiger partial charge in [-0.05, 0) is 37.1 Å². The highest BCUT2D eigenvalue weighted by molar-refractivity contribution is 5.82. The Labute approximate surface area is 141 Å². The van der Waals surface area contributed by atoms with Crippen LogP contribution in [-0.4, -0.2) is 24.6 Å². The first-order chi connectivity index (χ1) is 11.6. The zero-order valence-electron chi connectivity index (χ0n) is 13.8. The van der Waals surface area contributed by atoms with Gasteiger partial charge in [0.25, 0.3) is 5.91 Å². The summed E-state index contributed by atoms with van der Waals surface area (Å²) < 4.78 is 10.4. The van der Waals surface area contributed by atoms with E-state index in [-0.39, 0.29) is 12.5 Å². The number of amides is 1. The fourth-order valence-corrected chi connectivity index (χ4v) is 2.06. The number of hydrogen-bond donors (Lipinski definition) is 1. The molecule has 0 unspecified atom stereocenters.